The minimum atomic E-state index is -0.212. The Kier molecular flexibility index (Phi) is 6.56. The van der Waals surface area contributed by atoms with Gasteiger partial charge in [-0.1, -0.05) is 11.2 Å². The molecule has 0 unspecified atom stereocenters. The quantitative estimate of drug-likeness (QED) is 0.607. The predicted octanol–water partition coefficient (Wildman–Crippen LogP) is 2.72. The summed E-state index contributed by atoms with van der Waals surface area (Å²) < 4.78 is 16.5. The van der Waals surface area contributed by atoms with E-state index in [9.17, 15) is 4.79 Å². The third-order valence-electron chi connectivity index (χ3n) is 3.82. The standard InChI is InChI=1S/C20H22N4O4/c1-3-26-18-11-16(20(25)22-10-8-19-23-14(2)24-28-19)6-7-17(18)27-13-15-5-4-9-21-12-15/h4-7,9,11-12H,3,8,10,13H2,1-2H3,(H,22,25). The molecule has 0 radical (unpaired) electrons. The number of nitrogens with zero attached hydrogens (tertiary/aromatic N) is 3. The molecule has 0 fully saturated rings. The van der Waals surface area contributed by atoms with Crippen LogP contribution in [-0.4, -0.2) is 34.2 Å². The lowest BCUT2D eigenvalue weighted by Crippen LogP contribution is -2.25. The first-order valence-corrected chi connectivity index (χ1v) is 9.01. The van der Waals surface area contributed by atoms with Gasteiger partial charge in [0.05, 0.1) is 6.61 Å². The van der Waals surface area contributed by atoms with E-state index in [1.165, 1.54) is 0 Å². The van der Waals surface area contributed by atoms with Gasteiger partial charge in [-0.05, 0) is 38.1 Å². The van der Waals surface area contributed by atoms with Gasteiger partial charge in [-0.2, -0.15) is 4.98 Å². The maximum absolute atomic E-state index is 12.4. The van der Waals surface area contributed by atoms with E-state index < -0.39 is 0 Å². The van der Waals surface area contributed by atoms with Crippen molar-refractivity contribution in [2.45, 2.75) is 26.9 Å². The third kappa shape index (κ3) is 5.29. The molecule has 0 atom stereocenters. The number of rotatable bonds is 9. The molecule has 1 aromatic carbocycles. The van der Waals surface area contributed by atoms with E-state index >= 15 is 0 Å². The highest BCUT2D eigenvalue weighted by atomic mass is 16.5. The Morgan fingerprint density at radius 3 is 2.82 bits per heavy atom. The van der Waals surface area contributed by atoms with Crippen LogP contribution < -0.4 is 14.8 Å². The summed E-state index contributed by atoms with van der Waals surface area (Å²) in [6.07, 6.45) is 3.92. The molecule has 0 saturated heterocycles. The minimum Gasteiger partial charge on any atom is -0.490 e. The number of nitrogens with one attached hydrogen (secondary N) is 1. The summed E-state index contributed by atoms with van der Waals surface area (Å²) in [5, 5.41) is 6.55. The molecule has 146 valence electrons. The zero-order valence-corrected chi connectivity index (χ0v) is 15.8. The van der Waals surface area contributed by atoms with E-state index in [0.29, 0.717) is 55.0 Å². The topological polar surface area (TPSA) is 99.4 Å². The normalized spacial score (nSPS) is 10.5. The number of hydrogen-bond acceptors (Lipinski definition) is 7. The van der Waals surface area contributed by atoms with Crippen molar-refractivity contribution in [2.24, 2.45) is 0 Å². The van der Waals surface area contributed by atoms with Crippen LogP contribution in [0.2, 0.25) is 0 Å². The Hall–Kier alpha value is -3.42. The number of pyridine rings is 1. The van der Waals surface area contributed by atoms with E-state index in [0.717, 1.165) is 5.56 Å². The fourth-order valence-corrected chi connectivity index (χ4v) is 2.51. The number of aryl methyl sites for hydroxylation is 1. The van der Waals surface area contributed by atoms with Crippen LogP contribution in [0.4, 0.5) is 0 Å². The lowest BCUT2D eigenvalue weighted by atomic mass is 10.2. The molecule has 2 aromatic heterocycles. The fraction of sp³-hybridized carbons (Fsp3) is 0.300. The van der Waals surface area contributed by atoms with Crippen LogP contribution in [0.3, 0.4) is 0 Å². The van der Waals surface area contributed by atoms with Crippen molar-refractivity contribution < 1.29 is 18.8 Å². The Bertz CT molecular complexity index is 912. The Balaban J connectivity index is 1.61. The molecule has 3 rings (SSSR count). The van der Waals surface area contributed by atoms with Crippen LogP contribution >= 0.6 is 0 Å². The molecule has 0 aliphatic rings. The monoisotopic (exact) mass is 382 g/mol. The van der Waals surface area contributed by atoms with E-state index in [1.54, 1.807) is 37.5 Å². The zero-order valence-electron chi connectivity index (χ0n) is 15.8. The first kappa shape index (κ1) is 19.3. The first-order chi connectivity index (χ1) is 13.7. The highest BCUT2D eigenvalue weighted by Gasteiger charge is 2.12. The van der Waals surface area contributed by atoms with Gasteiger partial charge < -0.3 is 19.3 Å². The lowest BCUT2D eigenvalue weighted by Gasteiger charge is -2.13. The van der Waals surface area contributed by atoms with E-state index in [-0.39, 0.29) is 5.91 Å². The SMILES string of the molecule is CCOc1cc(C(=O)NCCc2nc(C)no2)ccc1OCc1cccnc1. The van der Waals surface area contributed by atoms with Gasteiger partial charge in [0, 0.05) is 36.5 Å². The molecule has 0 aliphatic carbocycles. The van der Waals surface area contributed by atoms with Gasteiger partial charge in [-0.25, -0.2) is 0 Å². The predicted molar refractivity (Wildman–Crippen MR) is 101 cm³/mol. The van der Waals surface area contributed by atoms with Gasteiger partial charge >= 0.3 is 0 Å². The van der Waals surface area contributed by atoms with E-state index in [1.807, 2.05) is 19.1 Å². The van der Waals surface area contributed by atoms with Crippen molar-refractivity contribution in [3.63, 3.8) is 0 Å². The summed E-state index contributed by atoms with van der Waals surface area (Å²) in [5.41, 5.74) is 1.43. The number of carbonyl (C=O) groups is 1. The molecule has 8 nitrogen and oxygen atoms in total. The van der Waals surface area contributed by atoms with E-state index in [2.05, 4.69) is 20.4 Å². The second kappa shape index (κ2) is 9.50. The summed E-state index contributed by atoms with van der Waals surface area (Å²) in [7, 11) is 0. The van der Waals surface area contributed by atoms with Crippen LogP contribution in [0.1, 0.15) is 34.6 Å². The van der Waals surface area contributed by atoms with Crippen LogP contribution in [0.25, 0.3) is 0 Å². The Labute approximate surface area is 162 Å². The molecule has 1 N–H and O–H groups in total. The maximum atomic E-state index is 12.4. The molecule has 0 spiro atoms. The average Bonchev–Trinajstić information content (AvgIpc) is 3.13. The van der Waals surface area contributed by atoms with E-state index in [4.69, 9.17) is 14.0 Å². The van der Waals surface area contributed by atoms with Crippen LogP contribution in [-0.2, 0) is 13.0 Å². The smallest absolute Gasteiger partial charge is 0.251 e. The number of aromatic nitrogens is 3. The zero-order chi connectivity index (χ0) is 19.8. The summed E-state index contributed by atoms with van der Waals surface area (Å²) in [6.45, 7) is 4.85. The third-order valence-corrected chi connectivity index (χ3v) is 3.82. The molecule has 1 amide bonds. The van der Waals surface area contributed by atoms with Crippen LogP contribution in [0, 0.1) is 6.92 Å². The van der Waals surface area contributed by atoms with Gasteiger partial charge in [-0.3, -0.25) is 9.78 Å². The summed E-state index contributed by atoms with van der Waals surface area (Å²) >= 11 is 0. The largest absolute Gasteiger partial charge is 0.490 e. The van der Waals surface area contributed by atoms with Crippen LogP contribution in [0.15, 0.2) is 47.2 Å². The molecule has 8 heteroatoms. The van der Waals surface area contributed by atoms with Crippen molar-refractivity contribution in [2.75, 3.05) is 13.2 Å². The minimum absolute atomic E-state index is 0.212. The van der Waals surface area contributed by atoms with Gasteiger partial charge in [0.15, 0.2) is 17.3 Å². The molecular formula is C20H22N4O4. The molecule has 3 aromatic rings. The number of carbonyl (C=O) groups excluding carboxylic acids is 1. The molecule has 0 bridgehead atoms. The lowest BCUT2D eigenvalue weighted by molar-refractivity contribution is 0.0953. The molecule has 0 saturated carbocycles. The number of amides is 1. The average molecular weight is 382 g/mol. The Morgan fingerprint density at radius 1 is 1.21 bits per heavy atom. The van der Waals surface area contributed by atoms with Gasteiger partial charge in [-0.15, -0.1) is 0 Å². The molecular weight excluding hydrogens is 360 g/mol. The molecule has 28 heavy (non-hydrogen) atoms. The van der Waals surface area contributed by atoms with Crippen molar-refractivity contribution in [1.29, 1.82) is 0 Å². The summed E-state index contributed by atoms with van der Waals surface area (Å²) in [6, 6.07) is 8.89. The van der Waals surface area contributed by atoms with Crippen molar-refractivity contribution in [3.8, 4) is 11.5 Å². The van der Waals surface area contributed by atoms with Gasteiger partial charge in [0.1, 0.15) is 6.61 Å². The number of ether oxygens (including phenoxy) is 2. The highest BCUT2D eigenvalue weighted by Crippen LogP contribution is 2.29. The van der Waals surface area contributed by atoms with Gasteiger partial charge in [0.2, 0.25) is 5.89 Å². The van der Waals surface area contributed by atoms with Crippen molar-refractivity contribution in [3.05, 3.63) is 65.6 Å². The summed E-state index contributed by atoms with van der Waals surface area (Å²) in [4.78, 5) is 20.6. The second-order valence-electron chi connectivity index (χ2n) is 5.99. The fourth-order valence-electron chi connectivity index (χ4n) is 2.51. The number of hydrogen-bond donors (Lipinski definition) is 1. The maximum Gasteiger partial charge on any atom is 0.251 e. The first-order valence-electron chi connectivity index (χ1n) is 9.01. The molecule has 0 aliphatic heterocycles. The van der Waals surface area contributed by atoms with Crippen LogP contribution in [0.5, 0.6) is 11.5 Å². The van der Waals surface area contributed by atoms with Gasteiger partial charge in [0.25, 0.3) is 5.91 Å². The summed E-state index contributed by atoms with van der Waals surface area (Å²) in [5.74, 6) is 1.95. The van der Waals surface area contributed by atoms with Crippen molar-refractivity contribution in [1.82, 2.24) is 20.4 Å². The molecule has 2 heterocycles. The Morgan fingerprint density at radius 2 is 2.11 bits per heavy atom. The van der Waals surface area contributed by atoms with Crippen molar-refractivity contribution >= 4 is 5.91 Å². The second-order valence-corrected chi connectivity index (χ2v) is 5.99. The number of benzene rings is 1. The highest BCUT2D eigenvalue weighted by molar-refractivity contribution is 5.94.